The number of nitrogens with zero attached hydrogens (tertiary/aromatic N) is 1. The van der Waals surface area contributed by atoms with Gasteiger partial charge in [0, 0.05) is 36.6 Å². The van der Waals surface area contributed by atoms with Gasteiger partial charge in [0.05, 0.1) is 7.11 Å². The van der Waals surface area contributed by atoms with Crippen LogP contribution < -0.4 is 4.74 Å². The number of methoxy groups -OCH3 is 1. The molecule has 1 aliphatic rings. The molecule has 1 N–H and O–H groups in total. The van der Waals surface area contributed by atoms with Crippen LogP contribution in [-0.4, -0.2) is 49.7 Å². The maximum Gasteiger partial charge on any atom is 0.307 e. The summed E-state index contributed by atoms with van der Waals surface area (Å²) < 4.78 is 40.1. The summed E-state index contributed by atoms with van der Waals surface area (Å²) in [6.45, 7) is 0.276. The minimum Gasteiger partial charge on any atom is -0.497 e. The van der Waals surface area contributed by atoms with Crippen molar-refractivity contribution in [3.63, 3.8) is 0 Å². The van der Waals surface area contributed by atoms with E-state index in [-0.39, 0.29) is 18.9 Å². The van der Waals surface area contributed by atoms with E-state index >= 15 is 0 Å². The normalized spacial score (nSPS) is 18.8. The van der Waals surface area contributed by atoms with E-state index in [9.17, 15) is 17.1 Å². The molecule has 3 rings (SSSR count). The van der Waals surface area contributed by atoms with Crippen LogP contribution in [0.1, 0.15) is 12.0 Å². The standard InChI is InChI=1S/C15H17FN2O4S/c1-22-11-2-3-14-13(6-11)10(8-17-14)4-5-18-9-12(7-15(18)19)23(16,20)21/h2-3,6,8,12,17H,4-5,7,9H2,1H3. The zero-order chi connectivity index (χ0) is 16.6. The van der Waals surface area contributed by atoms with Crippen LogP contribution in [0.15, 0.2) is 24.4 Å². The van der Waals surface area contributed by atoms with Crippen molar-refractivity contribution in [1.29, 1.82) is 0 Å². The average Bonchev–Trinajstić information content (AvgIpc) is 3.07. The SMILES string of the molecule is COc1ccc2[nH]cc(CCN3CC(S(=O)(=O)F)CC3=O)c2c1. The average molecular weight is 340 g/mol. The van der Waals surface area contributed by atoms with E-state index in [1.807, 2.05) is 24.4 Å². The zero-order valence-electron chi connectivity index (χ0n) is 12.6. The Labute approximate surface area is 133 Å². The number of amides is 1. The van der Waals surface area contributed by atoms with Crippen molar-refractivity contribution in [3.05, 3.63) is 30.0 Å². The van der Waals surface area contributed by atoms with Crippen molar-refractivity contribution in [3.8, 4) is 5.75 Å². The highest BCUT2D eigenvalue weighted by atomic mass is 32.3. The molecule has 0 bridgehead atoms. The Balaban J connectivity index is 1.73. The van der Waals surface area contributed by atoms with Gasteiger partial charge in [-0.05, 0) is 30.2 Å². The first-order chi connectivity index (χ1) is 10.9. The van der Waals surface area contributed by atoms with Crippen LogP contribution in [0.3, 0.4) is 0 Å². The van der Waals surface area contributed by atoms with Crippen molar-refractivity contribution < 1.29 is 21.8 Å². The molecule has 0 saturated carbocycles. The van der Waals surface area contributed by atoms with E-state index < -0.39 is 15.5 Å². The first-order valence-corrected chi connectivity index (χ1v) is 8.68. The lowest BCUT2D eigenvalue weighted by Crippen LogP contribution is -2.29. The van der Waals surface area contributed by atoms with Crippen LogP contribution in [0.2, 0.25) is 0 Å². The molecule has 1 aromatic carbocycles. The Kier molecular flexibility index (Phi) is 4.01. The molecule has 1 aromatic heterocycles. The van der Waals surface area contributed by atoms with Crippen LogP contribution in [0.4, 0.5) is 3.89 Å². The number of aromatic amines is 1. The minimum atomic E-state index is -4.67. The largest absolute Gasteiger partial charge is 0.497 e. The molecule has 1 amide bonds. The first kappa shape index (κ1) is 15.8. The fourth-order valence-corrected chi connectivity index (χ4v) is 3.59. The van der Waals surface area contributed by atoms with Crippen LogP contribution in [0.5, 0.6) is 5.75 Å². The summed E-state index contributed by atoms with van der Waals surface area (Å²) in [5, 5.41) is -0.247. The fourth-order valence-electron chi connectivity index (χ4n) is 2.89. The van der Waals surface area contributed by atoms with E-state index in [4.69, 9.17) is 4.74 Å². The topological polar surface area (TPSA) is 79.5 Å². The summed E-state index contributed by atoms with van der Waals surface area (Å²) in [4.78, 5) is 16.4. The van der Waals surface area contributed by atoms with E-state index in [0.29, 0.717) is 13.0 Å². The number of benzene rings is 1. The van der Waals surface area contributed by atoms with Crippen molar-refractivity contribution in [2.24, 2.45) is 0 Å². The maximum atomic E-state index is 13.0. The van der Waals surface area contributed by atoms with Crippen molar-refractivity contribution in [2.45, 2.75) is 18.1 Å². The van der Waals surface area contributed by atoms with Gasteiger partial charge in [-0.3, -0.25) is 4.79 Å². The molecule has 1 unspecified atom stereocenters. The predicted molar refractivity (Wildman–Crippen MR) is 83.6 cm³/mol. The number of likely N-dealkylation sites (tertiary alicyclic amines) is 1. The lowest BCUT2D eigenvalue weighted by atomic mass is 10.1. The van der Waals surface area contributed by atoms with Crippen LogP contribution >= 0.6 is 0 Å². The summed E-state index contributed by atoms with van der Waals surface area (Å²) in [7, 11) is -3.08. The second-order valence-electron chi connectivity index (χ2n) is 5.62. The Morgan fingerprint density at radius 1 is 1.43 bits per heavy atom. The minimum absolute atomic E-state index is 0.0800. The molecule has 6 nitrogen and oxygen atoms in total. The van der Waals surface area contributed by atoms with Gasteiger partial charge in [0.1, 0.15) is 11.0 Å². The quantitative estimate of drug-likeness (QED) is 0.839. The Morgan fingerprint density at radius 2 is 2.22 bits per heavy atom. The molecule has 1 atom stereocenters. The zero-order valence-corrected chi connectivity index (χ0v) is 13.4. The third-order valence-electron chi connectivity index (χ3n) is 4.20. The third-order valence-corrected chi connectivity index (χ3v) is 5.31. The molecule has 124 valence electrons. The molecular weight excluding hydrogens is 323 g/mol. The van der Waals surface area contributed by atoms with Gasteiger partial charge in [0.15, 0.2) is 0 Å². The molecule has 0 spiro atoms. The number of ether oxygens (including phenoxy) is 1. The number of hydrogen-bond donors (Lipinski definition) is 1. The Morgan fingerprint density at radius 3 is 2.87 bits per heavy atom. The molecule has 23 heavy (non-hydrogen) atoms. The van der Waals surface area contributed by atoms with Gasteiger partial charge in [0.2, 0.25) is 5.91 Å². The van der Waals surface area contributed by atoms with Gasteiger partial charge >= 0.3 is 10.2 Å². The molecule has 2 heterocycles. The van der Waals surface area contributed by atoms with Crippen LogP contribution in [0, 0.1) is 0 Å². The van der Waals surface area contributed by atoms with Gasteiger partial charge in [-0.25, -0.2) is 0 Å². The van der Waals surface area contributed by atoms with E-state index in [0.717, 1.165) is 22.2 Å². The molecule has 2 aromatic rings. The monoisotopic (exact) mass is 340 g/mol. The number of H-pyrrole nitrogens is 1. The Hall–Kier alpha value is -2.09. The smallest absolute Gasteiger partial charge is 0.307 e. The lowest BCUT2D eigenvalue weighted by molar-refractivity contribution is -0.127. The third kappa shape index (κ3) is 3.17. The van der Waals surface area contributed by atoms with Gasteiger partial charge in [0.25, 0.3) is 0 Å². The van der Waals surface area contributed by atoms with Crippen molar-refractivity contribution in [1.82, 2.24) is 9.88 Å². The highest BCUT2D eigenvalue weighted by Gasteiger charge is 2.38. The number of halogens is 1. The molecule has 0 aliphatic carbocycles. The number of aromatic nitrogens is 1. The molecule has 0 radical (unpaired) electrons. The van der Waals surface area contributed by atoms with Gasteiger partial charge in [-0.15, -0.1) is 3.89 Å². The Bertz CT molecular complexity index is 846. The van der Waals surface area contributed by atoms with Crippen LogP contribution in [0.25, 0.3) is 10.9 Å². The van der Waals surface area contributed by atoms with E-state index in [1.165, 1.54) is 4.90 Å². The molecule has 1 aliphatic heterocycles. The number of nitrogens with one attached hydrogen (secondary N) is 1. The van der Waals surface area contributed by atoms with Crippen LogP contribution in [-0.2, 0) is 21.4 Å². The molecule has 1 fully saturated rings. The summed E-state index contributed by atoms with van der Waals surface area (Å²) >= 11 is 0. The van der Waals surface area contributed by atoms with Crippen molar-refractivity contribution in [2.75, 3.05) is 20.2 Å². The molecule has 8 heteroatoms. The number of fused-ring (bicyclic) bond motifs is 1. The van der Waals surface area contributed by atoms with E-state index in [1.54, 1.807) is 7.11 Å². The molecule has 1 saturated heterocycles. The number of hydrogen-bond acceptors (Lipinski definition) is 4. The fraction of sp³-hybridized carbons (Fsp3) is 0.400. The number of carbonyl (C=O) groups is 1. The summed E-state index contributed by atoms with van der Waals surface area (Å²) in [6.07, 6.45) is 2.13. The second kappa shape index (κ2) is 5.84. The van der Waals surface area contributed by atoms with Crippen molar-refractivity contribution >= 4 is 27.0 Å². The van der Waals surface area contributed by atoms with Gasteiger partial charge in [-0.1, -0.05) is 0 Å². The number of carbonyl (C=O) groups excluding carboxylic acids is 1. The summed E-state index contributed by atoms with van der Waals surface area (Å²) in [5.74, 6) is 0.410. The van der Waals surface area contributed by atoms with Gasteiger partial charge < -0.3 is 14.6 Å². The summed E-state index contributed by atoms with van der Waals surface area (Å²) in [6, 6.07) is 5.66. The lowest BCUT2D eigenvalue weighted by Gasteiger charge is -2.15. The highest BCUT2D eigenvalue weighted by molar-refractivity contribution is 7.87. The first-order valence-electron chi connectivity index (χ1n) is 7.23. The van der Waals surface area contributed by atoms with E-state index in [2.05, 4.69) is 4.98 Å². The predicted octanol–water partition coefficient (Wildman–Crippen LogP) is 1.62. The second-order valence-corrected chi connectivity index (χ2v) is 7.23. The van der Waals surface area contributed by atoms with Gasteiger partial charge in [-0.2, -0.15) is 8.42 Å². The maximum absolute atomic E-state index is 13.0. The highest BCUT2D eigenvalue weighted by Crippen LogP contribution is 2.25. The number of rotatable bonds is 5. The summed E-state index contributed by atoms with van der Waals surface area (Å²) in [5.41, 5.74) is 1.95. The molecular formula is C15H17FN2O4S.